The molecule has 0 amide bonds. The maximum absolute atomic E-state index is 12.1. The highest BCUT2D eigenvalue weighted by Crippen LogP contribution is 2.37. The van der Waals surface area contributed by atoms with Crippen LogP contribution in [0.2, 0.25) is 0 Å². The highest BCUT2D eigenvalue weighted by molar-refractivity contribution is 14.1. The van der Waals surface area contributed by atoms with E-state index in [2.05, 4.69) is 56.0 Å². The molecule has 0 aromatic carbocycles. The van der Waals surface area contributed by atoms with Gasteiger partial charge in [0.1, 0.15) is 5.69 Å². The third-order valence-electron chi connectivity index (χ3n) is 3.38. The largest absolute Gasteiger partial charge is 0.325 e. The summed E-state index contributed by atoms with van der Waals surface area (Å²) in [5.74, 6) is 1.11. The second-order valence-electron chi connectivity index (χ2n) is 5.69. The Hall–Kier alpha value is -1.18. The smallest absolute Gasteiger partial charge is 0.264 e. The molecule has 6 heteroatoms. The van der Waals surface area contributed by atoms with Gasteiger partial charge in [0.05, 0.1) is 21.8 Å². The lowest BCUT2D eigenvalue weighted by atomic mass is 10.1. The molecule has 1 aliphatic carbocycles. The number of aromatic amines is 1. The number of hydrogen-bond acceptors (Lipinski definition) is 3. The van der Waals surface area contributed by atoms with Crippen molar-refractivity contribution in [3.8, 4) is 11.5 Å². The van der Waals surface area contributed by atoms with Gasteiger partial charge < -0.3 is 9.55 Å². The number of H-pyrrole nitrogens is 1. The highest BCUT2D eigenvalue weighted by Gasteiger charge is 2.26. The Labute approximate surface area is 131 Å². The maximum Gasteiger partial charge on any atom is 0.264 e. The zero-order valence-electron chi connectivity index (χ0n) is 11.6. The van der Waals surface area contributed by atoms with E-state index >= 15 is 0 Å². The first-order valence-corrected chi connectivity index (χ1v) is 7.95. The van der Waals surface area contributed by atoms with E-state index in [1.165, 1.54) is 12.8 Å². The predicted molar refractivity (Wildman–Crippen MR) is 85.6 cm³/mol. The third-order valence-corrected chi connectivity index (χ3v) is 4.49. The van der Waals surface area contributed by atoms with Gasteiger partial charge in [0.15, 0.2) is 5.82 Å². The Morgan fingerprint density at radius 1 is 1.50 bits per heavy atom. The number of aromatic nitrogens is 4. The van der Waals surface area contributed by atoms with Crippen LogP contribution in [0.4, 0.5) is 0 Å². The van der Waals surface area contributed by atoms with Crippen LogP contribution >= 0.6 is 22.6 Å². The van der Waals surface area contributed by atoms with Crippen molar-refractivity contribution in [1.82, 2.24) is 19.5 Å². The van der Waals surface area contributed by atoms with Crippen molar-refractivity contribution in [1.29, 1.82) is 0 Å². The van der Waals surface area contributed by atoms with Gasteiger partial charge in [-0.25, -0.2) is 9.97 Å². The monoisotopic (exact) mass is 384 g/mol. The third kappa shape index (κ3) is 2.65. The summed E-state index contributed by atoms with van der Waals surface area (Å²) in [6.07, 6.45) is 6.77. The molecule has 2 aromatic heterocycles. The number of imidazole rings is 1. The molecule has 1 N–H and O–H groups in total. The number of rotatable bonds is 4. The van der Waals surface area contributed by atoms with Gasteiger partial charge in [-0.3, -0.25) is 4.79 Å². The molecule has 20 heavy (non-hydrogen) atoms. The van der Waals surface area contributed by atoms with Gasteiger partial charge in [-0.2, -0.15) is 0 Å². The fraction of sp³-hybridized carbons (Fsp3) is 0.500. The van der Waals surface area contributed by atoms with Crippen LogP contribution in [0.25, 0.3) is 11.5 Å². The Morgan fingerprint density at radius 2 is 2.25 bits per heavy atom. The quantitative estimate of drug-likeness (QED) is 0.825. The molecule has 0 bridgehead atoms. The topological polar surface area (TPSA) is 63.6 Å². The average Bonchev–Trinajstić information content (AvgIpc) is 3.12. The lowest BCUT2D eigenvalue weighted by Gasteiger charge is -2.10. The molecular weight excluding hydrogens is 367 g/mol. The minimum Gasteiger partial charge on any atom is -0.325 e. The zero-order valence-corrected chi connectivity index (χ0v) is 13.7. The molecule has 1 fully saturated rings. The molecular formula is C14H17IN4O. The molecule has 0 unspecified atom stereocenters. The highest BCUT2D eigenvalue weighted by atomic mass is 127. The van der Waals surface area contributed by atoms with Gasteiger partial charge >= 0.3 is 0 Å². The van der Waals surface area contributed by atoms with E-state index in [1.54, 1.807) is 6.20 Å². The molecule has 0 aliphatic heterocycles. The van der Waals surface area contributed by atoms with Crippen molar-refractivity contribution < 1.29 is 0 Å². The molecule has 1 aliphatic rings. The van der Waals surface area contributed by atoms with Crippen LogP contribution in [0.5, 0.6) is 0 Å². The van der Waals surface area contributed by atoms with Crippen molar-refractivity contribution in [2.75, 3.05) is 0 Å². The van der Waals surface area contributed by atoms with E-state index in [1.807, 2.05) is 6.33 Å². The number of nitrogens with zero attached hydrogens (tertiary/aromatic N) is 3. The van der Waals surface area contributed by atoms with E-state index in [0.717, 1.165) is 17.8 Å². The Balaban J connectivity index is 2.07. The van der Waals surface area contributed by atoms with Crippen molar-refractivity contribution in [3.63, 3.8) is 0 Å². The minimum atomic E-state index is -0.0604. The lowest BCUT2D eigenvalue weighted by molar-refractivity contribution is 0.630. The fourth-order valence-corrected chi connectivity index (χ4v) is 2.76. The Kier molecular flexibility index (Phi) is 3.66. The van der Waals surface area contributed by atoms with E-state index in [-0.39, 0.29) is 5.56 Å². The molecule has 0 atom stereocenters. The summed E-state index contributed by atoms with van der Waals surface area (Å²) in [5, 5.41) is 0. The molecule has 0 saturated heterocycles. The average molecular weight is 384 g/mol. The first kappa shape index (κ1) is 13.8. The molecule has 2 heterocycles. The van der Waals surface area contributed by atoms with Crippen molar-refractivity contribution in [2.45, 2.75) is 39.2 Å². The van der Waals surface area contributed by atoms with Gasteiger partial charge in [0, 0.05) is 6.04 Å². The summed E-state index contributed by atoms with van der Waals surface area (Å²) in [4.78, 5) is 23.8. The number of nitrogens with one attached hydrogen (secondary N) is 1. The first-order chi connectivity index (χ1) is 9.56. The second-order valence-corrected chi connectivity index (χ2v) is 6.77. The van der Waals surface area contributed by atoms with Gasteiger partial charge in [0.2, 0.25) is 0 Å². The molecule has 2 aromatic rings. The standard InChI is InChI=1S/C14H17IN4O/c1-8(2)5-10-12(15)14(20)18-13(17-10)11-6-16-7-19(11)9-3-4-9/h6-9H,3-5H2,1-2H3,(H,17,18,20). The van der Waals surface area contributed by atoms with Crippen LogP contribution in [-0.4, -0.2) is 19.5 Å². The van der Waals surface area contributed by atoms with Gasteiger partial charge in [-0.15, -0.1) is 0 Å². The number of hydrogen-bond donors (Lipinski definition) is 1. The van der Waals surface area contributed by atoms with E-state index in [4.69, 9.17) is 0 Å². The predicted octanol–water partition coefficient (Wildman–Crippen LogP) is 2.77. The van der Waals surface area contributed by atoms with Gasteiger partial charge in [0.25, 0.3) is 5.56 Å². The van der Waals surface area contributed by atoms with E-state index < -0.39 is 0 Å². The molecule has 0 spiro atoms. The SMILES string of the molecule is CC(C)Cc1nc(-c2cncn2C2CC2)[nH]c(=O)c1I. The van der Waals surface area contributed by atoms with Crippen LogP contribution in [0.3, 0.4) is 0 Å². The Bertz CT molecular complexity index is 685. The number of halogens is 1. The van der Waals surface area contributed by atoms with Crippen LogP contribution in [0.1, 0.15) is 38.4 Å². The van der Waals surface area contributed by atoms with Gasteiger partial charge in [-0.05, 0) is 47.8 Å². The van der Waals surface area contributed by atoms with Crippen molar-refractivity contribution in [3.05, 3.63) is 32.1 Å². The zero-order chi connectivity index (χ0) is 14.3. The summed E-state index contributed by atoms with van der Waals surface area (Å²) in [6.45, 7) is 4.26. The normalized spacial score (nSPS) is 15.0. The van der Waals surface area contributed by atoms with Gasteiger partial charge in [-0.1, -0.05) is 13.8 Å². The maximum atomic E-state index is 12.1. The fourth-order valence-electron chi connectivity index (χ4n) is 2.28. The Morgan fingerprint density at radius 3 is 2.90 bits per heavy atom. The summed E-state index contributed by atoms with van der Waals surface area (Å²) in [6, 6.07) is 0.519. The summed E-state index contributed by atoms with van der Waals surface area (Å²) in [5.41, 5.74) is 1.73. The first-order valence-electron chi connectivity index (χ1n) is 6.87. The van der Waals surface area contributed by atoms with Crippen molar-refractivity contribution >= 4 is 22.6 Å². The summed E-state index contributed by atoms with van der Waals surface area (Å²) >= 11 is 2.08. The van der Waals surface area contributed by atoms with E-state index in [9.17, 15) is 4.79 Å². The van der Waals surface area contributed by atoms with E-state index in [0.29, 0.717) is 21.4 Å². The minimum absolute atomic E-state index is 0.0604. The van der Waals surface area contributed by atoms with Crippen molar-refractivity contribution in [2.24, 2.45) is 5.92 Å². The molecule has 0 radical (unpaired) electrons. The second kappa shape index (κ2) is 5.31. The molecule has 5 nitrogen and oxygen atoms in total. The van der Waals surface area contributed by atoms with Crippen LogP contribution in [0, 0.1) is 9.49 Å². The molecule has 3 rings (SSSR count). The summed E-state index contributed by atoms with van der Waals surface area (Å²) < 4.78 is 2.81. The molecule has 106 valence electrons. The molecule has 1 saturated carbocycles. The van der Waals surface area contributed by atoms with Crippen LogP contribution < -0.4 is 5.56 Å². The van der Waals surface area contributed by atoms with Crippen LogP contribution in [-0.2, 0) is 6.42 Å². The lowest BCUT2D eigenvalue weighted by Crippen LogP contribution is -2.18. The van der Waals surface area contributed by atoms with Crippen LogP contribution in [0.15, 0.2) is 17.3 Å². The summed E-state index contributed by atoms with van der Waals surface area (Å²) in [7, 11) is 0.